The van der Waals surface area contributed by atoms with E-state index in [2.05, 4.69) is 9.98 Å². The Hall–Kier alpha value is -3.83. The summed E-state index contributed by atoms with van der Waals surface area (Å²) >= 11 is 5.97. The van der Waals surface area contributed by atoms with E-state index >= 15 is 0 Å². The SMILES string of the molecule is CC(C)Oc1cc(OCc2ccccc2)ccc1CC(N)=Nc1ccc(-c2ccc(Cl)cc2)cn1. The third kappa shape index (κ3) is 7.08. The number of hydrogen-bond donors (Lipinski definition) is 1. The molecule has 0 bridgehead atoms. The summed E-state index contributed by atoms with van der Waals surface area (Å²) in [5.74, 6) is 2.47. The predicted molar refractivity (Wildman–Crippen MR) is 143 cm³/mol. The van der Waals surface area contributed by atoms with Crippen molar-refractivity contribution in [2.45, 2.75) is 33.0 Å². The Morgan fingerprint density at radius 2 is 1.69 bits per heavy atom. The third-order valence-electron chi connectivity index (χ3n) is 5.20. The maximum Gasteiger partial charge on any atom is 0.153 e. The van der Waals surface area contributed by atoms with E-state index in [4.69, 9.17) is 26.8 Å². The van der Waals surface area contributed by atoms with E-state index in [1.807, 2.05) is 98.8 Å². The first-order valence-electron chi connectivity index (χ1n) is 11.5. The van der Waals surface area contributed by atoms with E-state index in [1.165, 1.54) is 0 Å². The molecule has 2 N–H and O–H groups in total. The third-order valence-corrected chi connectivity index (χ3v) is 5.46. The molecule has 3 aromatic carbocycles. The number of aliphatic imine (C=N–C) groups is 1. The molecule has 0 spiro atoms. The van der Waals surface area contributed by atoms with Crippen molar-refractivity contribution < 1.29 is 9.47 Å². The van der Waals surface area contributed by atoms with Crippen LogP contribution in [-0.2, 0) is 13.0 Å². The monoisotopic (exact) mass is 485 g/mol. The molecule has 35 heavy (non-hydrogen) atoms. The van der Waals surface area contributed by atoms with Crippen LogP contribution < -0.4 is 15.2 Å². The number of amidine groups is 1. The number of nitrogens with two attached hydrogens (primary N) is 1. The maximum atomic E-state index is 6.28. The number of nitrogens with zero attached hydrogens (tertiary/aromatic N) is 2. The lowest BCUT2D eigenvalue weighted by Crippen LogP contribution is -2.16. The highest BCUT2D eigenvalue weighted by molar-refractivity contribution is 6.30. The Kier molecular flexibility index (Phi) is 8.01. The smallest absolute Gasteiger partial charge is 0.153 e. The van der Waals surface area contributed by atoms with Gasteiger partial charge in [-0.3, -0.25) is 0 Å². The number of ether oxygens (including phenoxy) is 2. The Morgan fingerprint density at radius 3 is 2.37 bits per heavy atom. The standard InChI is InChI=1S/C29H28ClN3O2/c1-20(2)35-27-17-26(34-19-21-6-4-3-5-7-21)14-10-23(27)16-28(31)33-29-15-11-24(18-32-29)22-8-12-25(30)13-9-22/h3-15,17-18,20H,16,19H2,1-2H3,(H2,31,32,33). The zero-order chi connectivity index (χ0) is 24.6. The lowest BCUT2D eigenvalue weighted by Gasteiger charge is -2.16. The van der Waals surface area contributed by atoms with E-state index in [1.54, 1.807) is 6.20 Å². The van der Waals surface area contributed by atoms with Gasteiger partial charge in [-0.1, -0.05) is 60.1 Å². The summed E-state index contributed by atoms with van der Waals surface area (Å²) in [6, 6.07) is 27.3. The van der Waals surface area contributed by atoms with Gasteiger partial charge in [0, 0.05) is 34.8 Å². The van der Waals surface area contributed by atoms with Gasteiger partial charge in [-0.25, -0.2) is 9.98 Å². The lowest BCUT2D eigenvalue weighted by atomic mass is 10.1. The molecule has 0 saturated heterocycles. The van der Waals surface area contributed by atoms with Gasteiger partial charge in [0.2, 0.25) is 0 Å². The van der Waals surface area contributed by atoms with Crippen LogP contribution in [0, 0.1) is 0 Å². The molecular formula is C29H28ClN3O2. The number of pyridine rings is 1. The first kappa shape index (κ1) is 24.3. The summed E-state index contributed by atoms with van der Waals surface area (Å²) in [6.07, 6.45) is 2.22. The van der Waals surface area contributed by atoms with Crippen LogP contribution >= 0.6 is 11.6 Å². The summed E-state index contributed by atoms with van der Waals surface area (Å²) in [6.45, 7) is 4.47. The van der Waals surface area contributed by atoms with Crippen molar-refractivity contribution in [3.63, 3.8) is 0 Å². The van der Waals surface area contributed by atoms with E-state index < -0.39 is 0 Å². The molecule has 4 rings (SSSR count). The largest absolute Gasteiger partial charge is 0.491 e. The molecule has 0 saturated carbocycles. The molecule has 1 aromatic heterocycles. The minimum absolute atomic E-state index is 0.0124. The van der Waals surface area contributed by atoms with Crippen molar-refractivity contribution in [3.8, 4) is 22.6 Å². The van der Waals surface area contributed by atoms with Crippen molar-refractivity contribution in [1.29, 1.82) is 0 Å². The van der Waals surface area contributed by atoms with Gasteiger partial charge in [0.15, 0.2) is 5.82 Å². The second-order valence-corrected chi connectivity index (χ2v) is 8.84. The topological polar surface area (TPSA) is 69.7 Å². The van der Waals surface area contributed by atoms with E-state index in [0.717, 1.165) is 33.8 Å². The van der Waals surface area contributed by atoms with Crippen LogP contribution in [0.1, 0.15) is 25.0 Å². The zero-order valence-corrected chi connectivity index (χ0v) is 20.6. The Bertz CT molecular complexity index is 1270. The second kappa shape index (κ2) is 11.5. The average molecular weight is 486 g/mol. The summed E-state index contributed by atoms with van der Waals surface area (Å²) in [7, 11) is 0. The van der Waals surface area contributed by atoms with Crippen LogP contribution in [0.25, 0.3) is 11.1 Å². The van der Waals surface area contributed by atoms with Crippen molar-refractivity contribution in [3.05, 3.63) is 107 Å². The second-order valence-electron chi connectivity index (χ2n) is 8.40. The number of rotatable bonds is 9. The van der Waals surface area contributed by atoms with Gasteiger partial charge in [-0.15, -0.1) is 0 Å². The molecule has 0 aliphatic rings. The van der Waals surface area contributed by atoms with Gasteiger partial charge in [-0.2, -0.15) is 0 Å². The molecule has 0 aliphatic heterocycles. The van der Waals surface area contributed by atoms with Gasteiger partial charge >= 0.3 is 0 Å². The fraction of sp³-hybridized carbons (Fsp3) is 0.172. The van der Waals surface area contributed by atoms with Crippen molar-refractivity contribution in [2.24, 2.45) is 10.7 Å². The van der Waals surface area contributed by atoms with Crippen molar-refractivity contribution in [2.75, 3.05) is 0 Å². The molecule has 0 unspecified atom stereocenters. The molecule has 1 heterocycles. The molecular weight excluding hydrogens is 458 g/mol. The molecule has 5 nitrogen and oxygen atoms in total. The molecule has 0 amide bonds. The van der Waals surface area contributed by atoms with Crippen LogP contribution in [0.4, 0.5) is 5.82 Å². The molecule has 4 aromatic rings. The highest BCUT2D eigenvalue weighted by Crippen LogP contribution is 2.28. The van der Waals surface area contributed by atoms with Gasteiger partial charge in [0.25, 0.3) is 0 Å². The molecule has 0 atom stereocenters. The quantitative estimate of drug-likeness (QED) is 0.204. The average Bonchev–Trinajstić information content (AvgIpc) is 2.85. The number of aromatic nitrogens is 1. The van der Waals surface area contributed by atoms with Crippen molar-refractivity contribution in [1.82, 2.24) is 4.98 Å². The number of benzene rings is 3. The summed E-state index contributed by atoms with van der Waals surface area (Å²) in [4.78, 5) is 8.94. The Morgan fingerprint density at radius 1 is 0.943 bits per heavy atom. The Labute approximate surface area is 211 Å². The fourth-order valence-electron chi connectivity index (χ4n) is 3.52. The first-order valence-corrected chi connectivity index (χ1v) is 11.9. The predicted octanol–water partition coefficient (Wildman–Crippen LogP) is 7.00. The summed E-state index contributed by atoms with van der Waals surface area (Å²) in [5, 5.41) is 0.701. The van der Waals surface area contributed by atoms with Crippen LogP contribution in [0.5, 0.6) is 11.5 Å². The molecule has 0 aliphatic carbocycles. The number of halogens is 1. The summed E-state index contributed by atoms with van der Waals surface area (Å²) in [5.41, 5.74) is 10.3. The van der Waals surface area contributed by atoms with Crippen LogP contribution in [-0.4, -0.2) is 16.9 Å². The van der Waals surface area contributed by atoms with E-state index in [9.17, 15) is 0 Å². The van der Waals surface area contributed by atoms with E-state index in [-0.39, 0.29) is 6.10 Å². The van der Waals surface area contributed by atoms with Gasteiger partial charge in [0.05, 0.1) is 6.10 Å². The first-order chi connectivity index (χ1) is 17.0. The van der Waals surface area contributed by atoms with Crippen molar-refractivity contribution >= 4 is 23.3 Å². The maximum absolute atomic E-state index is 6.28. The van der Waals surface area contributed by atoms with Gasteiger partial charge in [-0.05, 0) is 55.3 Å². The highest BCUT2D eigenvalue weighted by atomic mass is 35.5. The van der Waals surface area contributed by atoms with Gasteiger partial charge in [0.1, 0.15) is 23.9 Å². The molecule has 0 radical (unpaired) electrons. The van der Waals surface area contributed by atoms with Crippen LogP contribution in [0.3, 0.4) is 0 Å². The fourth-order valence-corrected chi connectivity index (χ4v) is 3.65. The minimum Gasteiger partial charge on any atom is -0.491 e. The minimum atomic E-state index is 0.0124. The molecule has 178 valence electrons. The molecule has 0 fully saturated rings. The van der Waals surface area contributed by atoms with Crippen LogP contribution in [0.2, 0.25) is 5.02 Å². The molecule has 6 heteroatoms. The van der Waals surface area contributed by atoms with Gasteiger partial charge < -0.3 is 15.2 Å². The highest BCUT2D eigenvalue weighted by Gasteiger charge is 2.11. The summed E-state index contributed by atoms with van der Waals surface area (Å²) < 4.78 is 12.0. The van der Waals surface area contributed by atoms with Crippen LogP contribution in [0.15, 0.2) is 96.1 Å². The van der Waals surface area contributed by atoms with E-state index in [0.29, 0.717) is 29.7 Å². The number of hydrogen-bond acceptors (Lipinski definition) is 4. The zero-order valence-electron chi connectivity index (χ0n) is 19.8. The normalized spacial score (nSPS) is 11.5. The Balaban J connectivity index is 1.46. The lowest BCUT2D eigenvalue weighted by molar-refractivity contribution is 0.237.